The van der Waals surface area contributed by atoms with Gasteiger partial charge in [-0.15, -0.1) is 0 Å². The summed E-state index contributed by atoms with van der Waals surface area (Å²) in [7, 11) is -1.37. The number of nitrogens with two attached hydrogens (primary N) is 1. The zero-order valence-corrected chi connectivity index (χ0v) is 11.8. The minimum absolute atomic E-state index is 0.0118. The standard InChI is InChI=1S/C14H13FN2O3S/c15-11-7-12(16)9-14(8-11)21(20)6-5-10-1-3-13(4-2-10)17(18)19/h1-4,7-9H,5-6,16H2. The number of halogens is 1. The van der Waals surface area contributed by atoms with E-state index in [4.69, 9.17) is 5.73 Å². The van der Waals surface area contributed by atoms with Crippen LogP contribution >= 0.6 is 0 Å². The molecule has 0 aromatic heterocycles. The van der Waals surface area contributed by atoms with Crippen LogP contribution in [-0.4, -0.2) is 14.9 Å². The SMILES string of the molecule is Nc1cc(F)cc(S(=O)CCc2ccc([N+](=O)[O-])cc2)c1. The summed E-state index contributed by atoms with van der Waals surface area (Å²) in [6.07, 6.45) is 0.473. The topological polar surface area (TPSA) is 86.2 Å². The second kappa shape index (κ2) is 6.45. The molecule has 0 aliphatic rings. The van der Waals surface area contributed by atoms with E-state index in [0.29, 0.717) is 17.1 Å². The lowest BCUT2D eigenvalue weighted by Gasteiger charge is -2.04. The molecule has 110 valence electrons. The molecule has 2 rings (SSSR count). The summed E-state index contributed by atoms with van der Waals surface area (Å²) in [5, 5.41) is 10.5. The van der Waals surface area contributed by atoms with Crippen LogP contribution in [0.3, 0.4) is 0 Å². The Bertz CT molecular complexity index is 669. The Morgan fingerprint density at radius 3 is 2.43 bits per heavy atom. The molecule has 0 aliphatic carbocycles. The van der Waals surface area contributed by atoms with E-state index in [9.17, 15) is 18.7 Å². The third-order valence-corrected chi connectivity index (χ3v) is 4.22. The minimum atomic E-state index is -1.37. The molecule has 2 aromatic carbocycles. The lowest BCUT2D eigenvalue weighted by molar-refractivity contribution is -0.384. The van der Waals surface area contributed by atoms with Crippen molar-refractivity contribution in [1.29, 1.82) is 0 Å². The van der Waals surface area contributed by atoms with Crippen molar-refractivity contribution in [3.8, 4) is 0 Å². The fraction of sp³-hybridized carbons (Fsp3) is 0.143. The van der Waals surface area contributed by atoms with Crippen molar-refractivity contribution in [2.75, 3.05) is 11.5 Å². The van der Waals surface area contributed by atoms with Gasteiger partial charge in [0.2, 0.25) is 0 Å². The van der Waals surface area contributed by atoms with Gasteiger partial charge in [-0.3, -0.25) is 14.3 Å². The van der Waals surface area contributed by atoms with Gasteiger partial charge in [-0.2, -0.15) is 0 Å². The van der Waals surface area contributed by atoms with Gasteiger partial charge in [-0.25, -0.2) is 4.39 Å². The van der Waals surface area contributed by atoms with Gasteiger partial charge in [0, 0.05) is 28.5 Å². The maximum atomic E-state index is 13.2. The maximum absolute atomic E-state index is 13.2. The number of rotatable bonds is 5. The number of nitro groups is 1. The van der Waals surface area contributed by atoms with Gasteiger partial charge in [0.1, 0.15) is 5.82 Å². The first kappa shape index (κ1) is 15.1. The molecule has 0 fully saturated rings. The summed E-state index contributed by atoms with van der Waals surface area (Å²) < 4.78 is 25.3. The van der Waals surface area contributed by atoms with E-state index in [1.807, 2.05) is 0 Å². The Morgan fingerprint density at radius 1 is 1.19 bits per heavy atom. The molecule has 0 bridgehead atoms. The van der Waals surface area contributed by atoms with Crippen molar-refractivity contribution in [2.45, 2.75) is 11.3 Å². The largest absolute Gasteiger partial charge is 0.399 e. The van der Waals surface area contributed by atoms with Gasteiger partial charge in [-0.1, -0.05) is 12.1 Å². The Balaban J connectivity index is 2.02. The van der Waals surface area contributed by atoms with Crippen LogP contribution < -0.4 is 5.73 Å². The van der Waals surface area contributed by atoms with Crippen LogP contribution in [0.5, 0.6) is 0 Å². The molecule has 2 N–H and O–H groups in total. The van der Waals surface area contributed by atoms with Crippen LogP contribution in [0.2, 0.25) is 0 Å². The van der Waals surface area contributed by atoms with Gasteiger partial charge in [-0.05, 0) is 30.2 Å². The van der Waals surface area contributed by atoms with Crippen LogP contribution in [0.1, 0.15) is 5.56 Å². The van der Waals surface area contributed by atoms with E-state index < -0.39 is 21.5 Å². The van der Waals surface area contributed by atoms with Crippen LogP contribution in [0.25, 0.3) is 0 Å². The van der Waals surface area contributed by atoms with Gasteiger partial charge in [0.15, 0.2) is 0 Å². The quantitative estimate of drug-likeness (QED) is 0.522. The molecule has 5 nitrogen and oxygen atoms in total. The molecule has 0 radical (unpaired) electrons. The van der Waals surface area contributed by atoms with Gasteiger partial charge < -0.3 is 5.73 Å². The highest BCUT2D eigenvalue weighted by Crippen LogP contribution is 2.17. The molecule has 0 saturated carbocycles. The molecule has 0 saturated heterocycles. The summed E-state index contributed by atoms with van der Waals surface area (Å²) in [6, 6.07) is 9.88. The summed E-state index contributed by atoms with van der Waals surface area (Å²) in [5.41, 5.74) is 6.59. The number of nitrogen functional groups attached to an aromatic ring is 1. The molecule has 2 aromatic rings. The Morgan fingerprint density at radius 2 is 1.86 bits per heavy atom. The third kappa shape index (κ3) is 4.09. The molecule has 1 unspecified atom stereocenters. The van der Waals surface area contributed by atoms with E-state index in [-0.39, 0.29) is 11.4 Å². The molecular formula is C14H13FN2O3S. The summed E-state index contributed by atoms with van der Waals surface area (Å²) in [6.45, 7) is 0. The van der Waals surface area contributed by atoms with E-state index >= 15 is 0 Å². The molecule has 0 spiro atoms. The number of non-ortho nitro benzene ring substituents is 1. The van der Waals surface area contributed by atoms with Crippen molar-refractivity contribution in [3.05, 3.63) is 64.0 Å². The van der Waals surface area contributed by atoms with E-state index in [1.54, 1.807) is 12.1 Å². The summed E-state index contributed by atoms with van der Waals surface area (Å²) in [4.78, 5) is 10.4. The monoisotopic (exact) mass is 308 g/mol. The van der Waals surface area contributed by atoms with Crippen LogP contribution in [0.15, 0.2) is 47.4 Å². The smallest absolute Gasteiger partial charge is 0.269 e. The van der Waals surface area contributed by atoms with Gasteiger partial charge >= 0.3 is 0 Å². The second-order valence-corrected chi connectivity index (χ2v) is 6.01. The van der Waals surface area contributed by atoms with Crippen molar-refractivity contribution in [2.24, 2.45) is 0 Å². The first-order valence-electron chi connectivity index (χ1n) is 6.13. The zero-order valence-electron chi connectivity index (χ0n) is 11.0. The fourth-order valence-corrected chi connectivity index (χ4v) is 3.00. The number of anilines is 1. The molecule has 0 amide bonds. The number of nitro benzene ring substituents is 1. The zero-order chi connectivity index (χ0) is 15.4. The average Bonchev–Trinajstić information content (AvgIpc) is 2.44. The first-order valence-corrected chi connectivity index (χ1v) is 7.45. The van der Waals surface area contributed by atoms with E-state index in [1.165, 1.54) is 24.3 Å². The lowest BCUT2D eigenvalue weighted by atomic mass is 10.1. The van der Waals surface area contributed by atoms with Crippen LogP contribution in [0.4, 0.5) is 15.8 Å². The first-order chi connectivity index (χ1) is 9.95. The number of benzene rings is 2. The van der Waals surface area contributed by atoms with E-state index in [2.05, 4.69) is 0 Å². The highest BCUT2D eigenvalue weighted by Gasteiger charge is 2.08. The molecule has 7 heteroatoms. The van der Waals surface area contributed by atoms with Crippen molar-refractivity contribution < 1.29 is 13.5 Å². The number of hydrogen-bond donors (Lipinski definition) is 1. The van der Waals surface area contributed by atoms with E-state index in [0.717, 1.165) is 11.6 Å². The number of aryl methyl sites for hydroxylation is 1. The number of nitrogens with zero attached hydrogens (tertiary/aromatic N) is 1. The highest BCUT2D eigenvalue weighted by molar-refractivity contribution is 7.85. The van der Waals surface area contributed by atoms with Crippen LogP contribution in [-0.2, 0) is 17.2 Å². The van der Waals surface area contributed by atoms with Crippen molar-refractivity contribution in [3.63, 3.8) is 0 Å². The minimum Gasteiger partial charge on any atom is -0.399 e. The van der Waals surface area contributed by atoms with Crippen LogP contribution in [0, 0.1) is 15.9 Å². The predicted molar refractivity (Wildman–Crippen MR) is 78.9 cm³/mol. The normalized spacial score (nSPS) is 12.0. The Hall–Kier alpha value is -2.28. The maximum Gasteiger partial charge on any atom is 0.269 e. The number of hydrogen-bond acceptors (Lipinski definition) is 4. The fourth-order valence-electron chi connectivity index (χ4n) is 1.83. The summed E-state index contributed by atoms with van der Waals surface area (Å²) >= 11 is 0. The van der Waals surface area contributed by atoms with Gasteiger partial charge in [0.05, 0.1) is 15.7 Å². The Kier molecular flexibility index (Phi) is 4.64. The molecule has 1 atom stereocenters. The molecule has 21 heavy (non-hydrogen) atoms. The van der Waals surface area contributed by atoms with Crippen molar-refractivity contribution in [1.82, 2.24) is 0 Å². The molecular weight excluding hydrogens is 295 g/mol. The Labute approximate surface area is 123 Å². The predicted octanol–water partition coefficient (Wildman–Crippen LogP) is 2.67. The van der Waals surface area contributed by atoms with Gasteiger partial charge in [0.25, 0.3) is 5.69 Å². The van der Waals surface area contributed by atoms with Crippen molar-refractivity contribution >= 4 is 22.2 Å². The molecule has 0 heterocycles. The summed E-state index contributed by atoms with van der Waals surface area (Å²) in [5.74, 6) is -0.227. The average molecular weight is 308 g/mol. The lowest BCUT2D eigenvalue weighted by Crippen LogP contribution is -2.03. The second-order valence-electron chi connectivity index (χ2n) is 4.44. The highest BCUT2D eigenvalue weighted by atomic mass is 32.2. The molecule has 0 aliphatic heterocycles. The third-order valence-electron chi connectivity index (χ3n) is 2.88.